The average Bonchev–Trinajstić information content (AvgIpc) is 3.44. The number of amides is 1. The van der Waals surface area contributed by atoms with Crippen molar-refractivity contribution in [3.8, 4) is 0 Å². The number of nitrogens with zero attached hydrogens (tertiary/aromatic N) is 1. The van der Waals surface area contributed by atoms with Crippen LogP contribution in [0.3, 0.4) is 0 Å². The summed E-state index contributed by atoms with van der Waals surface area (Å²) in [6.07, 6.45) is 73.7. The van der Waals surface area contributed by atoms with Gasteiger partial charge in [0.2, 0.25) is 5.91 Å². The van der Waals surface area contributed by atoms with Crippen LogP contribution in [0.5, 0.6) is 0 Å². The normalized spacial score (nSPS) is 13.5. The van der Waals surface area contributed by atoms with Crippen molar-refractivity contribution in [2.45, 2.75) is 392 Å². The Balaban J connectivity index is 4.96. The zero-order valence-corrected chi connectivity index (χ0v) is 56.2. The second kappa shape index (κ2) is 61.8. The zero-order valence-electron chi connectivity index (χ0n) is 55.3. The summed E-state index contributed by atoms with van der Waals surface area (Å²) in [4.78, 5) is 37.9. The lowest BCUT2D eigenvalue weighted by Gasteiger charge is -2.27. The topological polar surface area (TPSA) is 111 Å². The second-order valence-electron chi connectivity index (χ2n) is 26.1. The predicted molar refractivity (Wildman–Crippen MR) is 351 cm³/mol. The molecule has 2 N–H and O–H groups in total. The number of carbonyl (C=O) groups is 2. The fraction of sp³-hybridized carbons (Fsp3) is 0.944. The molecule has 0 heterocycles. The van der Waals surface area contributed by atoms with Crippen molar-refractivity contribution in [2.24, 2.45) is 0 Å². The first-order chi connectivity index (χ1) is 39.4. The van der Waals surface area contributed by atoms with Crippen molar-refractivity contribution in [3.05, 3.63) is 12.2 Å². The van der Waals surface area contributed by atoms with Crippen molar-refractivity contribution < 1.29 is 37.3 Å². The Kier molecular flexibility index (Phi) is 60.9. The van der Waals surface area contributed by atoms with Gasteiger partial charge < -0.3 is 19.4 Å². The van der Waals surface area contributed by atoms with E-state index in [1.54, 1.807) is 0 Å². The third-order valence-corrected chi connectivity index (χ3v) is 17.7. The molecule has 81 heavy (non-hydrogen) atoms. The van der Waals surface area contributed by atoms with Crippen molar-refractivity contribution in [1.29, 1.82) is 0 Å². The largest absolute Gasteiger partial charge is 0.472 e. The highest BCUT2D eigenvalue weighted by Gasteiger charge is 2.30. The first kappa shape index (κ1) is 79.8. The lowest BCUT2D eigenvalue weighted by atomic mass is 10.0. The van der Waals surface area contributed by atoms with E-state index >= 15 is 0 Å². The molecule has 3 atom stereocenters. The maximum atomic E-state index is 13.6. The summed E-state index contributed by atoms with van der Waals surface area (Å²) in [5.74, 6) is -0.477. The van der Waals surface area contributed by atoms with Crippen molar-refractivity contribution in [2.75, 3.05) is 40.9 Å². The molecule has 0 aromatic rings. The summed E-state index contributed by atoms with van der Waals surface area (Å²) in [6, 6.07) is -0.840. The number of phosphoric acid groups is 1. The van der Waals surface area contributed by atoms with E-state index in [9.17, 15) is 19.0 Å². The molecule has 0 aromatic carbocycles. The zero-order chi connectivity index (χ0) is 59.3. The van der Waals surface area contributed by atoms with Gasteiger partial charge in [-0.05, 0) is 31.8 Å². The van der Waals surface area contributed by atoms with E-state index in [2.05, 4.69) is 32.2 Å². The monoisotopic (exact) mass is 1170 g/mol. The number of ether oxygens (including phenoxy) is 1. The van der Waals surface area contributed by atoms with E-state index in [0.29, 0.717) is 23.9 Å². The molecule has 0 spiro atoms. The molecule has 9 nitrogen and oxygen atoms in total. The number of nitrogens with one attached hydrogen (secondary N) is 1. The maximum Gasteiger partial charge on any atom is 0.472 e. The molecule has 3 unspecified atom stereocenters. The summed E-state index contributed by atoms with van der Waals surface area (Å²) in [5.41, 5.74) is 0. The van der Waals surface area contributed by atoms with Crippen LogP contribution in [-0.4, -0.2) is 74.3 Å². The third kappa shape index (κ3) is 63.1. The lowest BCUT2D eigenvalue weighted by molar-refractivity contribution is -0.870. The Morgan fingerprint density at radius 2 is 0.704 bits per heavy atom. The minimum absolute atomic E-state index is 0.0461. The van der Waals surface area contributed by atoms with Gasteiger partial charge in [-0.15, -0.1) is 0 Å². The third-order valence-electron chi connectivity index (χ3n) is 16.7. The number of rotatable bonds is 67. The number of unbranched alkanes of at least 4 members (excludes halogenated alkanes) is 51. The molecule has 1 amide bonds. The smallest absolute Gasteiger partial charge is 0.456 e. The van der Waals surface area contributed by atoms with Crippen LogP contribution in [-0.2, 0) is 27.9 Å². The van der Waals surface area contributed by atoms with Crippen LogP contribution in [0, 0.1) is 0 Å². The van der Waals surface area contributed by atoms with Crippen LogP contribution in [0.15, 0.2) is 12.2 Å². The van der Waals surface area contributed by atoms with Gasteiger partial charge in [0.1, 0.15) is 19.3 Å². The Hall–Kier alpha value is -1.25. The van der Waals surface area contributed by atoms with Gasteiger partial charge >= 0.3 is 13.8 Å². The Morgan fingerprint density at radius 3 is 1.01 bits per heavy atom. The minimum Gasteiger partial charge on any atom is -0.456 e. The van der Waals surface area contributed by atoms with Gasteiger partial charge in [-0.3, -0.25) is 18.6 Å². The van der Waals surface area contributed by atoms with Gasteiger partial charge in [0.15, 0.2) is 0 Å². The van der Waals surface area contributed by atoms with Gasteiger partial charge in [0.25, 0.3) is 0 Å². The quantitative estimate of drug-likeness (QED) is 0.0205. The summed E-state index contributed by atoms with van der Waals surface area (Å²) < 4.78 is 30.8. The number of hydrogen-bond donors (Lipinski definition) is 2. The van der Waals surface area contributed by atoms with Crippen molar-refractivity contribution in [3.63, 3.8) is 0 Å². The number of likely N-dealkylation sites (N-methyl/N-ethyl adjacent to an activating group) is 1. The summed E-state index contributed by atoms with van der Waals surface area (Å²) in [5, 5.41) is 3.08. The van der Waals surface area contributed by atoms with E-state index in [1.807, 2.05) is 27.2 Å². The molecule has 10 heteroatoms. The fourth-order valence-corrected chi connectivity index (χ4v) is 11.9. The molecule has 0 aliphatic carbocycles. The molecule has 0 saturated heterocycles. The summed E-state index contributed by atoms with van der Waals surface area (Å²) >= 11 is 0. The van der Waals surface area contributed by atoms with Crippen LogP contribution < -0.4 is 5.32 Å². The molecule has 0 saturated carbocycles. The molecule has 482 valence electrons. The van der Waals surface area contributed by atoms with Gasteiger partial charge in [-0.25, -0.2) is 4.57 Å². The molecular weight excluding hydrogens is 1020 g/mol. The summed E-state index contributed by atoms with van der Waals surface area (Å²) in [7, 11) is 1.52. The number of phosphoric ester groups is 1. The fourth-order valence-electron chi connectivity index (χ4n) is 11.2. The van der Waals surface area contributed by atoms with E-state index in [4.69, 9.17) is 13.8 Å². The Morgan fingerprint density at radius 1 is 0.420 bits per heavy atom. The van der Waals surface area contributed by atoms with E-state index in [0.717, 1.165) is 57.8 Å². The number of allylic oxidation sites excluding steroid dienone is 1. The first-order valence-electron chi connectivity index (χ1n) is 36.0. The van der Waals surface area contributed by atoms with Gasteiger partial charge in [-0.1, -0.05) is 348 Å². The number of carbonyl (C=O) groups excluding carboxylic acids is 2. The minimum atomic E-state index is -4.44. The molecule has 0 rings (SSSR count). The van der Waals surface area contributed by atoms with Gasteiger partial charge in [0.05, 0.1) is 33.8 Å². The molecule has 0 aliphatic heterocycles. The highest BCUT2D eigenvalue weighted by atomic mass is 31.2. The molecule has 0 bridgehead atoms. The second-order valence-corrected chi connectivity index (χ2v) is 27.6. The number of quaternary nitrogens is 1. The van der Waals surface area contributed by atoms with Crippen LogP contribution in [0.2, 0.25) is 0 Å². The number of esters is 1. The summed E-state index contributed by atoms with van der Waals surface area (Å²) in [6.45, 7) is 7.09. The van der Waals surface area contributed by atoms with Crippen LogP contribution >= 0.6 is 7.82 Å². The van der Waals surface area contributed by atoms with E-state index in [1.165, 1.54) is 289 Å². The van der Waals surface area contributed by atoms with Gasteiger partial charge in [0, 0.05) is 12.8 Å². The molecular formula is C71H142N2O7P+. The Labute approximate surface area is 505 Å². The van der Waals surface area contributed by atoms with E-state index < -0.39 is 20.0 Å². The maximum absolute atomic E-state index is 13.6. The SMILES string of the molecule is CCCCCCCCCCCCC/C=C\C(OC(=O)CCCCCCCCCCCCCCCCCCCCCCCCCCCCC)C(COP(=O)(O)OCC[N+](C)(C)C)NC(=O)CCCCCCCCCCCCCCCCC. The number of hydrogen-bond acceptors (Lipinski definition) is 6. The highest BCUT2D eigenvalue weighted by molar-refractivity contribution is 7.47. The van der Waals surface area contributed by atoms with Crippen molar-refractivity contribution in [1.82, 2.24) is 5.32 Å². The van der Waals surface area contributed by atoms with Crippen molar-refractivity contribution >= 4 is 19.7 Å². The molecule has 0 fully saturated rings. The van der Waals surface area contributed by atoms with E-state index in [-0.39, 0.29) is 25.1 Å². The standard InChI is InChI=1S/C71H141N2O7P/c1-7-10-13-16-19-22-25-28-30-31-32-33-34-35-36-37-38-39-40-41-43-46-49-52-55-58-61-64-71(75)80-69(62-59-56-53-50-47-44-27-24-21-18-15-12-9-3)68(67-79-81(76,77)78-66-65-73(4,5)6)72-70(74)63-60-57-54-51-48-45-42-29-26-23-20-17-14-11-8-2/h59,62,68-69H,7-58,60-61,63-67H2,1-6H3,(H-,72,74,76,77)/p+1/b62-59-. The molecule has 0 radical (unpaired) electrons. The predicted octanol–water partition coefficient (Wildman–Crippen LogP) is 22.7. The highest BCUT2D eigenvalue weighted by Crippen LogP contribution is 2.43. The first-order valence-corrected chi connectivity index (χ1v) is 37.5. The Bertz CT molecular complexity index is 1390. The van der Waals surface area contributed by atoms with Gasteiger partial charge in [-0.2, -0.15) is 0 Å². The molecule has 0 aromatic heterocycles. The van der Waals surface area contributed by atoms with Crippen LogP contribution in [0.4, 0.5) is 0 Å². The van der Waals surface area contributed by atoms with Crippen LogP contribution in [0.1, 0.15) is 380 Å². The lowest BCUT2D eigenvalue weighted by Crippen LogP contribution is -2.47. The average molecular weight is 1170 g/mol. The van der Waals surface area contributed by atoms with Crippen LogP contribution in [0.25, 0.3) is 0 Å². The molecule has 0 aliphatic rings.